The Hall–Kier alpha value is -2.03. The predicted molar refractivity (Wildman–Crippen MR) is 82.0 cm³/mol. The van der Waals surface area contributed by atoms with Crippen molar-refractivity contribution in [1.82, 2.24) is 10.3 Å². The second-order valence-corrected chi connectivity index (χ2v) is 6.04. The first kappa shape index (κ1) is 14.4. The summed E-state index contributed by atoms with van der Waals surface area (Å²) < 4.78 is 0. The van der Waals surface area contributed by atoms with Gasteiger partial charge < -0.3 is 10.3 Å². The van der Waals surface area contributed by atoms with Gasteiger partial charge in [-0.25, -0.2) is 0 Å². The van der Waals surface area contributed by atoms with Crippen LogP contribution >= 0.6 is 0 Å². The van der Waals surface area contributed by atoms with Crippen LogP contribution in [0.2, 0.25) is 0 Å². The van der Waals surface area contributed by atoms with Crippen molar-refractivity contribution in [2.75, 3.05) is 6.54 Å². The van der Waals surface area contributed by atoms with Gasteiger partial charge in [0.15, 0.2) is 0 Å². The minimum absolute atomic E-state index is 0.0543. The van der Waals surface area contributed by atoms with E-state index in [-0.39, 0.29) is 11.3 Å². The Balaban J connectivity index is 1.84. The molecule has 0 unspecified atom stereocenters. The van der Waals surface area contributed by atoms with E-state index in [1.165, 1.54) is 11.1 Å². The fraction of sp³-hybridized carbons (Fsp3) is 0.353. The van der Waals surface area contributed by atoms with E-state index >= 15 is 0 Å². The van der Waals surface area contributed by atoms with E-state index in [1.807, 2.05) is 6.07 Å². The molecule has 2 rings (SSSR count). The van der Waals surface area contributed by atoms with Gasteiger partial charge in [-0.1, -0.05) is 45.0 Å². The van der Waals surface area contributed by atoms with Crippen molar-refractivity contribution in [3.05, 3.63) is 59.4 Å². The first-order valence-corrected chi connectivity index (χ1v) is 6.98. The van der Waals surface area contributed by atoms with Crippen LogP contribution in [0.15, 0.2) is 42.6 Å². The molecule has 1 aromatic carbocycles. The third kappa shape index (κ3) is 3.73. The van der Waals surface area contributed by atoms with Gasteiger partial charge in [-0.3, -0.25) is 4.79 Å². The van der Waals surface area contributed by atoms with Gasteiger partial charge in [-0.2, -0.15) is 0 Å². The summed E-state index contributed by atoms with van der Waals surface area (Å²) in [5.41, 5.74) is 3.36. The average molecular weight is 270 g/mol. The third-order valence-electron chi connectivity index (χ3n) is 3.36. The molecule has 2 aromatic rings. The molecule has 106 valence electrons. The third-order valence-corrected chi connectivity index (χ3v) is 3.36. The second-order valence-electron chi connectivity index (χ2n) is 6.04. The molecule has 1 aromatic heterocycles. The minimum Gasteiger partial charge on any atom is -0.357 e. The Morgan fingerprint density at radius 2 is 1.85 bits per heavy atom. The molecule has 0 aliphatic carbocycles. The summed E-state index contributed by atoms with van der Waals surface area (Å²) in [7, 11) is 0. The highest BCUT2D eigenvalue weighted by Crippen LogP contribution is 2.22. The van der Waals surface area contributed by atoms with Crippen LogP contribution in [0.25, 0.3) is 0 Å². The van der Waals surface area contributed by atoms with Gasteiger partial charge in [-0.15, -0.1) is 0 Å². The molecule has 0 aliphatic heterocycles. The van der Waals surface area contributed by atoms with Crippen molar-refractivity contribution in [2.24, 2.45) is 0 Å². The van der Waals surface area contributed by atoms with E-state index in [0.717, 1.165) is 6.42 Å². The Bertz CT molecular complexity index is 548. The lowest BCUT2D eigenvalue weighted by atomic mass is 9.86. The minimum atomic E-state index is -0.0543. The van der Waals surface area contributed by atoms with E-state index in [0.29, 0.717) is 12.2 Å². The smallest absolute Gasteiger partial charge is 0.267 e. The quantitative estimate of drug-likeness (QED) is 0.880. The molecule has 1 amide bonds. The van der Waals surface area contributed by atoms with Crippen molar-refractivity contribution < 1.29 is 4.79 Å². The molecular weight excluding hydrogens is 248 g/mol. The zero-order valence-electron chi connectivity index (χ0n) is 12.4. The summed E-state index contributed by atoms with van der Waals surface area (Å²) in [5, 5.41) is 2.91. The van der Waals surface area contributed by atoms with Gasteiger partial charge in [0, 0.05) is 12.7 Å². The van der Waals surface area contributed by atoms with Crippen LogP contribution in [0.4, 0.5) is 0 Å². The van der Waals surface area contributed by atoms with Crippen LogP contribution in [-0.2, 0) is 11.8 Å². The number of hydrogen-bond acceptors (Lipinski definition) is 1. The fourth-order valence-electron chi connectivity index (χ4n) is 2.06. The zero-order valence-corrected chi connectivity index (χ0v) is 12.4. The SMILES string of the molecule is CC(C)(C)c1ccc(CCNC(=O)c2ccc[nH]2)cc1. The lowest BCUT2D eigenvalue weighted by Crippen LogP contribution is -2.25. The Labute approximate surface area is 120 Å². The number of rotatable bonds is 4. The monoisotopic (exact) mass is 270 g/mol. The van der Waals surface area contributed by atoms with Gasteiger partial charge >= 0.3 is 0 Å². The Morgan fingerprint density at radius 3 is 2.40 bits per heavy atom. The number of aromatic amines is 1. The van der Waals surface area contributed by atoms with Crippen LogP contribution in [0.5, 0.6) is 0 Å². The number of nitrogens with one attached hydrogen (secondary N) is 2. The number of hydrogen-bond donors (Lipinski definition) is 2. The molecular formula is C17H22N2O. The molecule has 0 atom stereocenters. The summed E-state index contributed by atoms with van der Waals surface area (Å²) in [6.45, 7) is 7.27. The van der Waals surface area contributed by atoms with Crippen LogP contribution < -0.4 is 5.32 Å². The first-order valence-electron chi connectivity index (χ1n) is 6.98. The molecule has 0 bridgehead atoms. The fourth-order valence-corrected chi connectivity index (χ4v) is 2.06. The summed E-state index contributed by atoms with van der Waals surface area (Å²) in [6.07, 6.45) is 2.59. The lowest BCUT2D eigenvalue weighted by molar-refractivity contribution is 0.0950. The van der Waals surface area contributed by atoms with Crippen molar-refractivity contribution in [1.29, 1.82) is 0 Å². The first-order chi connectivity index (χ1) is 9.47. The molecule has 0 spiro atoms. The number of H-pyrrole nitrogens is 1. The lowest BCUT2D eigenvalue weighted by Gasteiger charge is -2.19. The van der Waals surface area contributed by atoms with Crippen molar-refractivity contribution in [2.45, 2.75) is 32.6 Å². The predicted octanol–water partition coefficient (Wildman–Crippen LogP) is 3.28. The number of aromatic nitrogens is 1. The molecule has 0 fully saturated rings. The van der Waals surface area contributed by atoms with Crippen LogP contribution in [0.3, 0.4) is 0 Å². The van der Waals surface area contributed by atoms with Gasteiger partial charge in [0.25, 0.3) is 5.91 Å². The van der Waals surface area contributed by atoms with Crippen LogP contribution in [-0.4, -0.2) is 17.4 Å². The largest absolute Gasteiger partial charge is 0.357 e. The maximum Gasteiger partial charge on any atom is 0.267 e. The molecule has 3 nitrogen and oxygen atoms in total. The molecule has 0 saturated heterocycles. The molecule has 20 heavy (non-hydrogen) atoms. The van der Waals surface area contributed by atoms with Gasteiger partial charge in [-0.05, 0) is 35.1 Å². The summed E-state index contributed by atoms with van der Waals surface area (Å²) in [5.74, 6) is -0.0543. The van der Waals surface area contributed by atoms with Gasteiger partial charge in [0.2, 0.25) is 0 Å². The number of carbonyl (C=O) groups is 1. The van der Waals surface area contributed by atoms with Crippen molar-refractivity contribution in [3.8, 4) is 0 Å². The highest BCUT2D eigenvalue weighted by molar-refractivity contribution is 5.92. The van der Waals surface area contributed by atoms with E-state index in [4.69, 9.17) is 0 Å². The topological polar surface area (TPSA) is 44.9 Å². The maximum atomic E-state index is 11.7. The summed E-state index contributed by atoms with van der Waals surface area (Å²) >= 11 is 0. The number of carbonyl (C=O) groups excluding carboxylic acids is 1. The van der Waals surface area contributed by atoms with Gasteiger partial charge in [0.05, 0.1) is 0 Å². The highest BCUT2D eigenvalue weighted by Gasteiger charge is 2.12. The zero-order chi connectivity index (χ0) is 14.6. The van der Waals surface area contributed by atoms with E-state index in [1.54, 1.807) is 12.3 Å². The van der Waals surface area contributed by atoms with Crippen molar-refractivity contribution >= 4 is 5.91 Å². The molecule has 1 heterocycles. The molecule has 2 N–H and O–H groups in total. The molecule has 3 heteroatoms. The average Bonchev–Trinajstić information content (AvgIpc) is 2.92. The van der Waals surface area contributed by atoms with Crippen molar-refractivity contribution in [3.63, 3.8) is 0 Å². The summed E-state index contributed by atoms with van der Waals surface area (Å²) in [6, 6.07) is 12.2. The molecule has 0 saturated carbocycles. The van der Waals surface area contributed by atoms with E-state index in [2.05, 4.69) is 55.3 Å². The Morgan fingerprint density at radius 1 is 1.15 bits per heavy atom. The molecule has 0 radical (unpaired) electrons. The normalized spacial score (nSPS) is 11.3. The van der Waals surface area contributed by atoms with Crippen LogP contribution in [0, 0.1) is 0 Å². The van der Waals surface area contributed by atoms with Crippen LogP contribution in [0.1, 0.15) is 42.4 Å². The van der Waals surface area contributed by atoms with E-state index < -0.39 is 0 Å². The second kappa shape index (κ2) is 5.95. The highest BCUT2D eigenvalue weighted by atomic mass is 16.1. The maximum absolute atomic E-state index is 11.7. The number of benzene rings is 1. The molecule has 0 aliphatic rings. The standard InChI is InChI=1S/C17H22N2O/c1-17(2,3)14-8-6-13(7-9-14)10-12-19-16(20)15-5-4-11-18-15/h4-9,11,18H,10,12H2,1-3H3,(H,19,20). The number of amides is 1. The Kier molecular flexibility index (Phi) is 4.28. The summed E-state index contributed by atoms with van der Waals surface area (Å²) in [4.78, 5) is 14.6. The van der Waals surface area contributed by atoms with Gasteiger partial charge in [0.1, 0.15) is 5.69 Å². The van der Waals surface area contributed by atoms with E-state index in [9.17, 15) is 4.79 Å².